The molecule has 0 radical (unpaired) electrons. The van der Waals surface area contributed by atoms with E-state index in [1.165, 1.54) is 17.1 Å². The first-order chi connectivity index (χ1) is 9.40. The lowest BCUT2D eigenvalue weighted by Gasteiger charge is -2.04. The number of aromatic nitrogens is 3. The molecule has 0 atom stereocenters. The SMILES string of the molecule is OCCc1cn(Cc2ccc(Cl)nc2)nc1C(F)(F)F. The van der Waals surface area contributed by atoms with Crippen LogP contribution in [0.25, 0.3) is 0 Å². The third-order valence-corrected chi connectivity index (χ3v) is 2.84. The van der Waals surface area contributed by atoms with Gasteiger partial charge in [0.15, 0.2) is 5.69 Å². The molecule has 8 heteroatoms. The number of halogens is 4. The van der Waals surface area contributed by atoms with E-state index in [2.05, 4.69) is 10.1 Å². The molecule has 0 fully saturated rings. The lowest BCUT2D eigenvalue weighted by atomic mass is 10.2. The van der Waals surface area contributed by atoms with Crippen molar-refractivity contribution < 1.29 is 18.3 Å². The van der Waals surface area contributed by atoms with Gasteiger partial charge in [-0.1, -0.05) is 17.7 Å². The number of rotatable bonds is 4. The normalized spacial score (nSPS) is 11.8. The lowest BCUT2D eigenvalue weighted by molar-refractivity contribution is -0.142. The van der Waals surface area contributed by atoms with E-state index in [1.807, 2.05) is 0 Å². The van der Waals surface area contributed by atoms with Crippen molar-refractivity contribution >= 4 is 11.6 Å². The zero-order chi connectivity index (χ0) is 14.8. The van der Waals surface area contributed by atoms with Crippen LogP contribution in [0.5, 0.6) is 0 Å². The van der Waals surface area contributed by atoms with Gasteiger partial charge in [-0.05, 0) is 18.1 Å². The molecule has 0 unspecified atom stereocenters. The minimum atomic E-state index is -4.53. The molecule has 1 N–H and O–H groups in total. The minimum Gasteiger partial charge on any atom is -0.396 e. The van der Waals surface area contributed by atoms with Crippen LogP contribution in [0.1, 0.15) is 16.8 Å². The van der Waals surface area contributed by atoms with Gasteiger partial charge in [0, 0.05) is 24.6 Å². The Morgan fingerprint density at radius 3 is 2.60 bits per heavy atom. The van der Waals surface area contributed by atoms with Gasteiger partial charge in [-0.25, -0.2) is 4.98 Å². The van der Waals surface area contributed by atoms with Crippen molar-refractivity contribution in [2.75, 3.05) is 6.61 Å². The third-order valence-electron chi connectivity index (χ3n) is 2.62. The summed E-state index contributed by atoms with van der Waals surface area (Å²) < 4.78 is 39.5. The molecule has 0 aromatic carbocycles. The molecule has 0 saturated carbocycles. The van der Waals surface area contributed by atoms with Gasteiger partial charge in [0.25, 0.3) is 0 Å². The first kappa shape index (κ1) is 14.8. The van der Waals surface area contributed by atoms with Gasteiger partial charge in [-0.15, -0.1) is 0 Å². The Kier molecular flexibility index (Phi) is 4.29. The summed E-state index contributed by atoms with van der Waals surface area (Å²) in [4.78, 5) is 3.85. The van der Waals surface area contributed by atoms with E-state index in [-0.39, 0.29) is 25.1 Å². The summed E-state index contributed by atoms with van der Waals surface area (Å²) >= 11 is 5.63. The summed E-state index contributed by atoms with van der Waals surface area (Å²) in [5, 5.41) is 12.7. The van der Waals surface area contributed by atoms with Crippen molar-refractivity contribution in [1.82, 2.24) is 14.8 Å². The van der Waals surface area contributed by atoms with Crippen LogP contribution in [0.4, 0.5) is 13.2 Å². The van der Waals surface area contributed by atoms with E-state index >= 15 is 0 Å². The van der Waals surface area contributed by atoms with Crippen molar-refractivity contribution in [3.8, 4) is 0 Å². The van der Waals surface area contributed by atoms with Crippen LogP contribution in [-0.2, 0) is 19.1 Å². The number of aliphatic hydroxyl groups excluding tert-OH is 1. The molecule has 0 bridgehead atoms. The van der Waals surface area contributed by atoms with Gasteiger partial charge in [-0.3, -0.25) is 4.68 Å². The summed E-state index contributed by atoms with van der Waals surface area (Å²) in [7, 11) is 0. The van der Waals surface area contributed by atoms with Gasteiger partial charge in [0.05, 0.1) is 6.54 Å². The van der Waals surface area contributed by atoms with Crippen molar-refractivity contribution in [3.05, 3.63) is 46.5 Å². The minimum absolute atomic E-state index is 0.0260. The second kappa shape index (κ2) is 5.80. The van der Waals surface area contributed by atoms with Gasteiger partial charge in [0.1, 0.15) is 5.15 Å². The maximum absolute atomic E-state index is 12.8. The summed E-state index contributed by atoms with van der Waals surface area (Å²) in [6.45, 7) is -0.212. The fourth-order valence-corrected chi connectivity index (χ4v) is 1.88. The molecule has 2 rings (SSSR count). The fourth-order valence-electron chi connectivity index (χ4n) is 1.77. The molecule has 4 nitrogen and oxygen atoms in total. The standard InChI is InChI=1S/C12H11ClF3N3O/c13-10-2-1-8(5-17-10)6-19-7-9(3-4-20)11(18-19)12(14,15)16/h1-2,5,7,20H,3-4,6H2. The second-order valence-corrected chi connectivity index (χ2v) is 4.55. The van der Waals surface area contributed by atoms with Crippen LogP contribution in [0.3, 0.4) is 0 Å². The molecule has 0 aliphatic heterocycles. The van der Waals surface area contributed by atoms with Crippen LogP contribution in [0.2, 0.25) is 5.15 Å². The van der Waals surface area contributed by atoms with Crippen molar-refractivity contribution in [3.63, 3.8) is 0 Å². The Hall–Kier alpha value is -1.60. The maximum atomic E-state index is 12.8. The molecule has 0 saturated heterocycles. The number of hydrogen-bond acceptors (Lipinski definition) is 3. The first-order valence-corrected chi connectivity index (χ1v) is 6.13. The molecule has 20 heavy (non-hydrogen) atoms. The van der Waals surface area contributed by atoms with Crippen LogP contribution in [-0.4, -0.2) is 26.5 Å². The molecule has 0 aliphatic rings. The predicted octanol–water partition coefficient (Wildman–Crippen LogP) is 2.53. The zero-order valence-electron chi connectivity index (χ0n) is 10.2. The third kappa shape index (κ3) is 3.49. The van der Waals surface area contributed by atoms with Crippen molar-refractivity contribution in [2.45, 2.75) is 19.1 Å². The van der Waals surface area contributed by atoms with Crippen LogP contribution >= 0.6 is 11.6 Å². The molecular formula is C12H11ClF3N3O. The van der Waals surface area contributed by atoms with Gasteiger partial charge >= 0.3 is 6.18 Å². The molecule has 0 amide bonds. The Morgan fingerprint density at radius 1 is 1.30 bits per heavy atom. The molecular weight excluding hydrogens is 295 g/mol. The molecule has 2 aromatic heterocycles. The maximum Gasteiger partial charge on any atom is 0.435 e. The topological polar surface area (TPSA) is 50.9 Å². The average Bonchev–Trinajstić information content (AvgIpc) is 2.75. The van der Waals surface area contributed by atoms with Crippen LogP contribution in [0, 0.1) is 0 Å². The van der Waals surface area contributed by atoms with Gasteiger partial charge < -0.3 is 5.11 Å². The predicted molar refractivity (Wildman–Crippen MR) is 66.4 cm³/mol. The van der Waals surface area contributed by atoms with E-state index in [9.17, 15) is 13.2 Å². The van der Waals surface area contributed by atoms with Crippen LogP contribution in [0.15, 0.2) is 24.5 Å². The highest BCUT2D eigenvalue weighted by Gasteiger charge is 2.36. The quantitative estimate of drug-likeness (QED) is 0.883. The van der Waals surface area contributed by atoms with Crippen LogP contribution < -0.4 is 0 Å². The Bertz CT molecular complexity index is 581. The number of hydrogen-bond donors (Lipinski definition) is 1. The molecule has 108 valence electrons. The largest absolute Gasteiger partial charge is 0.435 e. The number of alkyl halides is 3. The second-order valence-electron chi connectivity index (χ2n) is 4.16. The highest BCUT2D eigenvalue weighted by Crippen LogP contribution is 2.31. The Balaban J connectivity index is 2.26. The van der Waals surface area contributed by atoms with E-state index in [1.54, 1.807) is 12.1 Å². The van der Waals surface area contributed by atoms with E-state index in [0.717, 1.165) is 0 Å². The van der Waals surface area contributed by atoms with E-state index in [4.69, 9.17) is 16.7 Å². The summed E-state index contributed by atoms with van der Waals surface area (Å²) in [6.07, 6.45) is -1.86. The fraction of sp³-hybridized carbons (Fsp3) is 0.333. The van der Waals surface area contributed by atoms with Gasteiger partial charge in [0.2, 0.25) is 0 Å². The van der Waals surface area contributed by atoms with Crippen molar-refractivity contribution in [1.29, 1.82) is 0 Å². The van der Waals surface area contributed by atoms with Crippen molar-refractivity contribution in [2.24, 2.45) is 0 Å². The average molecular weight is 306 g/mol. The lowest BCUT2D eigenvalue weighted by Crippen LogP contribution is -2.11. The van der Waals surface area contributed by atoms with Gasteiger partial charge in [-0.2, -0.15) is 18.3 Å². The Morgan fingerprint density at radius 2 is 2.05 bits per heavy atom. The summed E-state index contributed by atoms with van der Waals surface area (Å²) in [6, 6.07) is 3.22. The monoisotopic (exact) mass is 305 g/mol. The summed E-state index contributed by atoms with van der Waals surface area (Å²) in [5.41, 5.74) is -0.309. The molecule has 2 aromatic rings. The zero-order valence-corrected chi connectivity index (χ0v) is 11.0. The number of pyridine rings is 1. The van der Waals surface area contributed by atoms with E-state index < -0.39 is 11.9 Å². The molecule has 2 heterocycles. The number of aliphatic hydroxyl groups is 1. The molecule has 0 spiro atoms. The highest BCUT2D eigenvalue weighted by atomic mass is 35.5. The molecule has 0 aliphatic carbocycles. The smallest absolute Gasteiger partial charge is 0.396 e. The van der Waals surface area contributed by atoms with E-state index in [0.29, 0.717) is 10.7 Å². The first-order valence-electron chi connectivity index (χ1n) is 5.75. The highest BCUT2D eigenvalue weighted by molar-refractivity contribution is 6.29. The number of nitrogens with zero attached hydrogens (tertiary/aromatic N) is 3. The Labute approximate surface area is 117 Å². The summed E-state index contributed by atoms with van der Waals surface area (Å²) in [5.74, 6) is 0.